The summed E-state index contributed by atoms with van der Waals surface area (Å²) in [5.74, 6) is -0.0280. The van der Waals surface area contributed by atoms with E-state index in [1.54, 1.807) is 0 Å². The average Bonchev–Trinajstić information content (AvgIpc) is 2.18. The molecule has 0 aliphatic rings. The Labute approximate surface area is 87.8 Å². The molecule has 0 fully saturated rings. The molecule has 0 radical (unpaired) electrons. The molecule has 0 atom stereocenters. The summed E-state index contributed by atoms with van der Waals surface area (Å²) in [4.78, 5) is 11.0. The van der Waals surface area contributed by atoms with Crippen molar-refractivity contribution in [2.75, 3.05) is 14.2 Å². The van der Waals surface area contributed by atoms with Gasteiger partial charge < -0.3 is 9.47 Å². The molecule has 0 N–H and O–H groups in total. The second-order valence-electron chi connectivity index (χ2n) is 3.14. The molecule has 0 heterocycles. The molecule has 1 aromatic carbocycles. The van der Waals surface area contributed by atoms with Crippen molar-refractivity contribution in [1.29, 1.82) is 0 Å². The number of carbonyl (C=O) groups excluding carboxylic acids is 1. The predicted molar refractivity (Wildman–Crippen MR) is 53.9 cm³/mol. The topological polar surface area (TPSA) is 35.5 Å². The lowest BCUT2D eigenvalue weighted by Crippen LogP contribution is -2.04. The van der Waals surface area contributed by atoms with E-state index in [9.17, 15) is 9.18 Å². The molecule has 0 unspecified atom stereocenters. The zero-order chi connectivity index (χ0) is 11.4. The van der Waals surface area contributed by atoms with Gasteiger partial charge in [0.05, 0.1) is 14.2 Å². The molecule has 0 amide bonds. The Hall–Kier alpha value is -1.58. The van der Waals surface area contributed by atoms with Crippen molar-refractivity contribution in [2.24, 2.45) is 0 Å². The normalized spacial score (nSPS) is 9.87. The third kappa shape index (κ3) is 2.46. The van der Waals surface area contributed by atoms with Crippen LogP contribution in [0.15, 0.2) is 12.1 Å². The van der Waals surface area contributed by atoms with Gasteiger partial charge in [0.15, 0.2) is 11.6 Å². The molecular weight excluding hydrogens is 199 g/mol. The van der Waals surface area contributed by atoms with Crippen molar-refractivity contribution in [3.8, 4) is 11.5 Å². The maximum atomic E-state index is 13.3. The molecule has 0 spiro atoms. The van der Waals surface area contributed by atoms with Gasteiger partial charge in [0.25, 0.3) is 0 Å². The average molecular weight is 212 g/mol. The molecule has 3 nitrogen and oxygen atoms in total. The number of ketones is 1. The second-order valence-corrected chi connectivity index (χ2v) is 3.14. The van der Waals surface area contributed by atoms with Gasteiger partial charge in [-0.1, -0.05) is 0 Å². The lowest BCUT2D eigenvalue weighted by Gasteiger charge is -2.12. The van der Waals surface area contributed by atoms with Crippen LogP contribution < -0.4 is 9.47 Å². The van der Waals surface area contributed by atoms with E-state index in [1.807, 2.05) is 0 Å². The van der Waals surface area contributed by atoms with Crippen molar-refractivity contribution in [2.45, 2.75) is 13.3 Å². The highest BCUT2D eigenvalue weighted by Gasteiger charge is 2.16. The van der Waals surface area contributed by atoms with Gasteiger partial charge in [-0.05, 0) is 19.1 Å². The summed E-state index contributed by atoms with van der Waals surface area (Å²) in [5, 5.41) is 0. The van der Waals surface area contributed by atoms with Gasteiger partial charge in [-0.3, -0.25) is 4.79 Å². The Morgan fingerprint density at radius 1 is 1.33 bits per heavy atom. The highest BCUT2D eigenvalue weighted by molar-refractivity contribution is 5.80. The minimum absolute atomic E-state index is 0.0720. The molecule has 0 saturated carbocycles. The zero-order valence-electron chi connectivity index (χ0n) is 8.96. The monoisotopic (exact) mass is 212 g/mol. The first-order valence-corrected chi connectivity index (χ1v) is 4.49. The lowest BCUT2D eigenvalue weighted by atomic mass is 10.1. The maximum absolute atomic E-state index is 13.3. The van der Waals surface area contributed by atoms with Gasteiger partial charge in [-0.15, -0.1) is 0 Å². The zero-order valence-corrected chi connectivity index (χ0v) is 8.96. The number of Topliss-reactive ketones (excluding diaryl/α,β-unsaturated/α-hetero) is 1. The minimum atomic E-state index is -0.491. The summed E-state index contributed by atoms with van der Waals surface area (Å²) in [6.45, 7) is 1.43. The first-order valence-electron chi connectivity index (χ1n) is 4.49. The number of carbonyl (C=O) groups is 1. The number of hydrogen-bond donors (Lipinski definition) is 0. The van der Waals surface area contributed by atoms with E-state index < -0.39 is 5.82 Å². The molecule has 82 valence electrons. The summed E-state index contributed by atoms with van der Waals surface area (Å²) >= 11 is 0. The van der Waals surface area contributed by atoms with E-state index in [-0.39, 0.29) is 18.0 Å². The third-order valence-corrected chi connectivity index (χ3v) is 2.02. The number of rotatable bonds is 4. The van der Waals surface area contributed by atoms with E-state index in [0.29, 0.717) is 11.3 Å². The Morgan fingerprint density at radius 2 is 2.00 bits per heavy atom. The first kappa shape index (κ1) is 11.5. The SMILES string of the molecule is COc1ccc(F)c(OC)c1CC(C)=O. The van der Waals surface area contributed by atoms with Crippen molar-refractivity contribution >= 4 is 5.78 Å². The highest BCUT2D eigenvalue weighted by atomic mass is 19.1. The van der Waals surface area contributed by atoms with Crippen LogP contribution in [0.4, 0.5) is 4.39 Å². The molecule has 0 aromatic heterocycles. The van der Waals surface area contributed by atoms with Crippen LogP contribution in [0.25, 0.3) is 0 Å². The summed E-state index contributed by atoms with van der Waals surface area (Å²) < 4.78 is 23.3. The van der Waals surface area contributed by atoms with Gasteiger partial charge >= 0.3 is 0 Å². The molecule has 0 saturated heterocycles. The molecule has 4 heteroatoms. The van der Waals surface area contributed by atoms with Gasteiger partial charge in [-0.25, -0.2) is 4.39 Å². The number of hydrogen-bond acceptors (Lipinski definition) is 3. The maximum Gasteiger partial charge on any atom is 0.165 e. The predicted octanol–water partition coefficient (Wildman–Crippen LogP) is 1.97. The fourth-order valence-corrected chi connectivity index (χ4v) is 1.41. The van der Waals surface area contributed by atoms with Crippen molar-refractivity contribution in [1.82, 2.24) is 0 Å². The van der Waals surface area contributed by atoms with E-state index >= 15 is 0 Å². The summed E-state index contributed by atoms with van der Waals surface area (Å²) in [6, 6.07) is 2.73. The van der Waals surface area contributed by atoms with Gasteiger partial charge in [-0.2, -0.15) is 0 Å². The van der Waals surface area contributed by atoms with Crippen LogP contribution in [0, 0.1) is 5.82 Å². The molecule has 0 bridgehead atoms. The number of methoxy groups -OCH3 is 2. The van der Waals surface area contributed by atoms with Crippen molar-refractivity contribution in [3.05, 3.63) is 23.5 Å². The van der Waals surface area contributed by atoms with Crippen molar-refractivity contribution in [3.63, 3.8) is 0 Å². The van der Waals surface area contributed by atoms with E-state index in [0.717, 1.165) is 0 Å². The van der Waals surface area contributed by atoms with E-state index in [1.165, 1.54) is 33.3 Å². The van der Waals surface area contributed by atoms with Crippen LogP contribution in [0.5, 0.6) is 11.5 Å². The van der Waals surface area contributed by atoms with Crippen LogP contribution in [-0.2, 0) is 11.2 Å². The van der Waals surface area contributed by atoms with Crippen LogP contribution in [0.3, 0.4) is 0 Å². The Kier molecular flexibility index (Phi) is 3.66. The number of halogens is 1. The molecule has 0 aliphatic carbocycles. The lowest BCUT2D eigenvalue weighted by molar-refractivity contribution is -0.116. The highest BCUT2D eigenvalue weighted by Crippen LogP contribution is 2.31. The Bertz CT molecular complexity index is 374. The van der Waals surface area contributed by atoms with E-state index in [2.05, 4.69) is 0 Å². The Morgan fingerprint density at radius 3 is 2.47 bits per heavy atom. The molecule has 1 rings (SSSR count). The summed E-state index contributed by atoms with van der Waals surface area (Å²) in [6.07, 6.45) is 0.101. The third-order valence-electron chi connectivity index (χ3n) is 2.02. The Balaban J connectivity index is 3.26. The van der Waals surface area contributed by atoms with Crippen LogP contribution in [0.2, 0.25) is 0 Å². The standard InChI is InChI=1S/C11H13FO3/c1-7(13)6-8-10(14-2)5-4-9(12)11(8)15-3/h4-5H,6H2,1-3H3. The fourth-order valence-electron chi connectivity index (χ4n) is 1.41. The van der Waals surface area contributed by atoms with Gasteiger partial charge in [0.2, 0.25) is 0 Å². The smallest absolute Gasteiger partial charge is 0.165 e. The van der Waals surface area contributed by atoms with Gasteiger partial charge in [0.1, 0.15) is 11.5 Å². The number of benzene rings is 1. The van der Waals surface area contributed by atoms with Crippen LogP contribution >= 0.6 is 0 Å². The molecule has 15 heavy (non-hydrogen) atoms. The van der Waals surface area contributed by atoms with Gasteiger partial charge in [0, 0.05) is 12.0 Å². The van der Waals surface area contributed by atoms with Crippen molar-refractivity contribution < 1.29 is 18.7 Å². The summed E-state index contributed by atoms with van der Waals surface area (Å²) in [7, 11) is 2.83. The quantitative estimate of drug-likeness (QED) is 0.765. The van der Waals surface area contributed by atoms with Crippen LogP contribution in [0.1, 0.15) is 12.5 Å². The van der Waals surface area contributed by atoms with Crippen LogP contribution in [-0.4, -0.2) is 20.0 Å². The largest absolute Gasteiger partial charge is 0.496 e. The van der Waals surface area contributed by atoms with E-state index in [4.69, 9.17) is 9.47 Å². The minimum Gasteiger partial charge on any atom is -0.496 e. The fraction of sp³-hybridized carbons (Fsp3) is 0.364. The first-order chi connectivity index (χ1) is 7.10. The molecule has 0 aliphatic heterocycles. The summed E-state index contributed by atoms with van der Waals surface area (Å²) in [5.41, 5.74) is 0.451. The molecule has 1 aromatic rings. The number of ether oxygens (including phenoxy) is 2. The molecular formula is C11H13FO3. The second kappa shape index (κ2) is 4.77.